The van der Waals surface area contributed by atoms with Crippen LogP contribution in [0.25, 0.3) is 0 Å². The number of benzene rings is 4. The maximum absolute atomic E-state index is 14.6. The molecule has 0 aliphatic carbocycles. The number of carbonyl (C=O) groups is 3. The molecule has 1 N–H and O–H groups in total. The molecule has 0 aromatic heterocycles. The van der Waals surface area contributed by atoms with Gasteiger partial charge in [0.05, 0.1) is 43.6 Å². The van der Waals surface area contributed by atoms with Crippen LogP contribution in [0.5, 0.6) is 0 Å². The van der Waals surface area contributed by atoms with Gasteiger partial charge in [-0.2, -0.15) is 0 Å². The van der Waals surface area contributed by atoms with Gasteiger partial charge in [-0.05, 0) is 75.4 Å². The molecule has 4 aromatic rings. The number of ether oxygens (including phenoxy) is 12. The van der Waals surface area contributed by atoms with Crippen molar-refractivity contribution in [2.24, 2.45) is 11.8 Å². The molecule has 17 heteroatoms. The minimum Gasteiger partial charge on any atom is -0.463 e. The zero-order chi connectivity index (χ0) is 52.9. The maximum atomic E-state index is 14.6. The third kappa shape index (κ3) is 13.4. The molecule has 5 fully saturated rings. The van der Waals surface area contributed by atoms with Gasteiger partial charge in [0, 0.05) is 24.2 Å². The van der Waals surface area contributed by atoms with Crippen molar-refractivity contribution in [3.8, 4) is 0 Å². The third-order valence-corrected chi connectivity index (χ3v) is 15.7. The minimum atomic E-state index is -1.55. The fraction of sp³-hybridized carbons (Fsp3) is 0.534. The highest BCUT2D eigenvalue weighted by atomic mass is 32.2. The summed E-state index contributed by atoms with van der Waals surface area (Å²) in [6, 6.07) is 35.7. The van der Waals surface area contributed by atoms with Crippen molar-refractivity contribution in [3.05, 3.63) is 138 Å². The van der Waals surface area contributed by atoms with E-state index in [0.717, 1.165) is 21.6 Å². The average Bonchev–Trinajstić information content (AvgIpc) is 3.93. The lowest BCUT2D eigenvalue weighted by atomic mass is 9.84. The summed E-state index contributed by atoms with van der Waals surface area (Å²) in [6.07, 6.45) is -9.07. The summed E-state index contributed by atoms with van der Waals surface area (Å²) < 4.78 is 80.5. The van der Waals surface area contributed by atoms with Gasteiger partial charge in [-0.25, -0.2) is 9.59 Å². The predicted molar refractivity (Wildman–Crippen MR) is 275 cm³/mol. The summed E-state index contributed by atoms with van der Waals surface area (Å²) in [5.74, 6) is -4.12. The van der Waals surface area contributed by atoms with Crippen LogP contribution in [0.4, 0.5) is 4.79 Å². The molecule has 16 nitrogen and oxygen atoms in total. The van der Waals surface area contributed by atoms with E-state index in [1.807, 2.05) is 126 Å². The molecule has 5 heterocycles. The van der Waals surface area contributed by atoms with Crippen LogP contribution < -0.4 is 5.32 Å². The van der Waals surface area contributed by atoms with Crippen molar-refractivity contribution in [2.45, 2.75) is 177 Å². The van der Waals surface area contributed by atoms with Crippen molar-refractivity contribution in [3.63, 3.8) is 0 Å². The van der Waals surface area contributed by atoms with E-state index in [1.54, 1.807) is 31.2 Å². The van der Waals surface area contributed by atoms with Gasteiger partial charge < -0.3 is 62.2 Å². The molecule has 9 rings (SSSR count). The van der Waals surface area contributed by atoms with Crippen LogP contribution >= 0.6 is 11.8 Å². The van der Waals surface area contributed by atoms with Gasteiger partial charge in [0.15, 0.2) is 24.0 Å². The number of carbonyl (C=O) groups excluding carboxylic acids is 3. The number of esters is 2. The lowest BCUT2D eigenvalue weighted by Crippen LogP contribution is -2.67. The molecular formula is C58H71NO15S. The SMILES string of the molecule is CC[C@H]1OC(C)(C)O[C@H]1C1O[C@](C)(O[C@@H]2C(OC(=O)c3ccccc3)[C@H](Sc3ccc(C)cc3)OC(COCc3ccccc3)[C@@H]2OC2OC(COC(C)=O)[C@H](OCc3ccccc3)[C@H](C)[C@@H]2C)C[C@H]2OC(=O)N[C@@H]12. The number of fused-ring (bicyclic) bond motifs is 1. The number of amides is 1. The van der Waals surface area contributed by atoms with Gasteiger partial charge in [0.25, 0.3) is 0 Å². The van der Waals surface area contributed by atoms with E-state index in [9.17, 15) is 14.4 Å². The number of rotatable bonds is 19. The van der Waals surface area contributed by atoms with Crippen molar-refractivity contribution in [1.29, 1.82) is 0 Å². The predicted octanol–water partition coefficient (Wildman–Crippen LogP) is 9.08. The average molecular weight is 1050 g/mol. The number of nitrogens with one attached hydrogen (secondary N) is 1. The smallest absolute Gasteiger partial charge is 0.407 e. The highest BCUT2D eigenvalue weighted by Gasteiger charge is 2.61. The molecule has 0 bridgehead atoms. The molecule has 5 aliphatic heterocycles. The van der Waals surface area contributed by atoms with Gasteiger partial charge in [0.2, 0.25) is 0 Å². The zero-order valence-corrected chi connectivity index (χ0v) is 44.7. The van der Waals surface area contributed by atoms with Gasteiger partial charge in [-0.3, -0.25) is 4.79 Å². The molecule has 4 aromatic carbocycles. The molecule has 5 aliphatic rings. The Morgan fingerprint density at radius 3 is 2.04 bits per heavy atom. The summed E-state index contributed by atoms with van der Waals surface area (Å²) >= 11 is 1.38. The van der Waals surface area contributed by atoms with Crippen LogP contribution in [-0.4, -0.2) is 122 Å². The van der Waals surface area contributed by atoms with Gasteiger partial charge in [0.1, 0.15) is 54.8 Å². The number of hydrogen-bond donors (Lipinski definition) is 1. The first-order chi connectivity index (χ1) is 36.0. The van der Waals surface area contributed by atoms with E-state index in [2.05, 4.69) is 12.2 Å². The number of thioether (sulfide) groups is 1. The van der Waals surface area contributed by atoms with Crippen LogP contribution in [0.15, 0.2) is 120 Å². The number of hydrogen-bond acceptors (Lipinski definition) is 16. The molecule has 16 atom stereocenters. The third-order valence-electron chi connectivity index (χ3n) is 14.6. The molecule has 0 spiro atoms. The molecule has 0 saturated carbocycles. The normalized spacial score (nSPS) is 34.2. The molecule has 5 saturated heterocycles. The molecule has 5 unspecified atom stereocenters. The summed E-state index contributed by atoms with van der Waals surface area (Å²) in [6.45, 7) is 15.4. The summed E-state index contributed by atoms with van der Waals surface area (Å²) in [7, 11) is 0. The fourth-order valence-corrected chi connectivity index (χ4v) is 11.8. The lowest BCUT2D eigenvalue weighted by molar-refractivity contribution is -0.371. The van der Waals surface area contributed by atoms with Crippen molar-refractivity contribution >= 4 is 29.8 Å². The monoisotopic (exact) mass is 1050 g/mol. The second kappa shape index (κ2) is 24.2. The highest BCUT2D eigenvalue weighted by Crippen LogP contribution is 2.46. The Labute approximate surface area is 444 Å². The highest BCUT2D eigenvalue weighted by molar-refractivity contribution is 7.99. The molecule has 0 radical (unpaired) electrons. The molecule has 75 heavy (non-hydrogen) atoms. The molecule has 1 amide bonds. The van der Waals surface area contributed by atoms with E-state index in [-0.39, 0.29) is 38.1 Å². The van der Waals surface area contributed by atoms with Gasteiger partial charge in [-0.15, -0.1) is 0 Å². The number of aryl methyl sites for hydroxylation is 1. The summed E-state index contributed by atoms with van der Waals surface area (Å²) in [5, 5.41) is 2.98. The van der Waals surface area contributed by atoms with Crippen LogP contribution in [0, 0.1) is 18.8 Å². The van der Waals surface area contributed by atoms with E-state index in [4.69, 9.17) is 56.8 Å². The summed E-state index contributed by atoms with van der Waals surface area (Å²) in [4.78, 5) is 41.0. The van der Waals surface area contributed by atoms with E-state index in [1.165, 1.54) is 18.7 Å². The Morgan fingerprint density at radius 2 is 1.37 bits per heavy atom. The first kappa shape index (κ1) is 54.9. The Kier molecular flexibility index (Phi) is 17.7. The van der Waals surface area contributed by atoms with E-state index >= 15 is 0 Å². The lowest BCUT2D eigenvalue weighted by Gasteiger charge is -2.52. The number of alkyl carbamates (subject to hydrolysis) is 1. The quantitative estimate of drug-likeness (QED) is 0.0695. The first-order valence-electron chi connectivity index (χ1n) is 26.1. The molecule has 404 valence electrons. The Balaban J connectivity index is 1.13. The second-order valence-corrected chi connectivity index (χ2v) is 22.0. The Hall–Kier alpha value is -4.92. The van der Waals surface area contributed by atoms with Crippen LogP contribution in [0.3, 0.4) is 0 Å². The Bertz CT molecular complexity index is 2510. The van der Waals surface area contributed by atoms with Crippen LogP contribution in [0.2, 0.25) is 0 Å². The first-order valence-corrected chi connectivity index (χ1v) is 27.0. The maximum Gasteiger partial charge on any atom is 0.407 e. The van der Waals surface area contributed by atoms with Crippen LogP contribution in [-0.2, 0) is 74.9 Å². The van der Waals surface area contributed by atoms with Crippen molar-refractivity contribution in [1.82, 2.24) is 5.32 Å². The summed E-state index contributed by atoms with van der Waals surface area (Å²) in [5.41, 5.74) is 2.39. The zero-order valence-electron chi connectivity index (χ0n) is 43.9. The van der Waals surface area contributed by atoms with Gasteiger partial charge in [-0.1, -0.05) is 129 Å². The van der Waals surface area contributed by atoms with E-state index < -0.39 is 108 Å². The van der Waals surface area contributed by atoms with Gasteiger partial charge >= 0.3 is 18.0 Å². The van der Waals surface area contributed by atoms with Crippen molar-refractivity contribution in [2.75, 3.05) is 13.2 Å². The second-order valence-electron chi connectivity index (χ2n) is 20.8. The van der Waals surface area contributed by atoms with Crippen molar-refractivity contribution < 1.29 is 71.2 Å². The van der Waals surface area contributed by atoms with E-state index in [0.29, 0.717) is 18.6 Å². The Morgan fingerprint density at radius 1 is 0.720 bits per heavy atom. The largest absolute Gasteiger partial charge is 0.463 e. The molecular weight excluding hydrogens is 983 g/mol. The topological polar surface area (TPSA) is 174 Å². The fourth-order valence-electron chi connectivity index (χ4n) is 10.6. The minimum absolute atomic E-state index is 0.00696. The standard InChI is InChI=1S/C58H71NO15S/c1-9-42-49(72-57(6,7)71-42)50-46-43(68-56(62)59-46)29-58(8,73-50)74-51-48(70-54-36(4)35(3)47(45(66-54)33-64-37(5)60)65-31-39-21-15-11-16-22-39)44(32-63-30-38-19-13-10-14-20-38)67-55(75-41-27-25-34(2)26-28-41)52(51)69-53(61)40-23-17-12-18-24-40/h10-28,35-36,42-52,54-55H,9,29-33H2,1-8H3,(H,59,62)/t35-,36+,42-,43-,44?,45?,46-,47-,48+,49-,50?,51+,52?,54?,55+,58-/m1/s1. The van der Waals surface area contributed by atoms with Crippen LogP contribution in [0.1, 0.15) is 88.4 Å².